The molecule has 4 atom stereocenters. The zero-order valence-corrected chi connectivity index (χ0v) is 21.2. The lowest BCUT2D eigenvalue weighted by Gasteiger charge is -2.62. The number of aliphatic hydroxyl groups is 2. The Bertz CT molecular complexity index is 1400. The van der Waals surface area contributed by atoms with E-state index in [1.807, 2.05) is 6.07 Å². The third-order valence-corrected chi connectivity index (χ3v) is 9.25. The van der Waals surface area contributed by atoms with E-state index in [1.165, 1.54) is 19.8 Å². The Morgan fingerprint density at radius 1 is 1.08 bits per heavy atom. The van der Waals surface area contributed by atoms with Crippen molar-refractivity contribution in [2.45, 2.75) is 62.2 Å². The predicted molar refractivity (Wildman–Crippen MR) is 139 cm³/mol. The van der Waals surface area contributed by atoms with Crippen molar-refractivity contribution in [3.63, 3.8) is 0 Å². The molecule has 2 aliphatic heterocycles. The number of hydrogen-bond acceptors (Lipinski definition) is 7. The van der Waals surface area contributed by atoms with Gasteiger partial charge in [0, 0.05) is 42.9 Å². The summed E-state index contributed by atoms with van der Waals surface area (Å²) >= 11 is 0. The number of benzene rings is 2. The van der Waals surface area contributed by atoms with E-state index in [9.17, 15) is 24.9 Å². The fourth-order valence-corrected chi connectivity index (χ4v) is 7.41. The van der Waals surface area contributed by atoms with E-state index in [-0.39, 0.29) is 35.5 Å². The smallest absolute Gasteiger partial charge is 0.255 e. The van der Waals surface area contributed by atoms with Crippen molar-refractivity contribution in [2.75, 3.05) is 23.7 Å². The van der Waals surface area contributed by atoms with Gasteiger partial charge >= 0.3 is 0 Å². The maximum atomic E-state index is 13.5. The molecule has 1 saturated carbocycles. The van der Waals surface area contributed by atoms with Crippen molar-refractivity contribution < 1.29 is 29.6 Å². The van der Waals surface area contributed by atoms with Crippen molar-refractivity contribution in [1.82, 2.24) is 4.90 Å². The molecule has 1 saturated heterocycles. The van der Waals surface area contributed by atoms with Crippen LogP contribution in [0.4, 0.5) is 11.4 Å². The predicted octanol–water partition coefficient (Wildman–Crippen LogP) is 2.98. The average Bonchev–Trinajstić information content (AvgIpc) is 3.62. The first-order chi connectivity index (χ1) is 18.2. The van der Waals surface area contributed by atoms with E-state index in [1.54, 1.807) is 30.3 Å². The second-order valence-corrected chi connectivity index (χ2v) is 11.5. The quantitative estimate of drug-likeness (QED) is 0.412. The number of ether oxygens (including phenoxy) is 1. The van der Waals surface area contributed by atoms with Crippen LogP contribution in [0.3, 0.4) is 0 Å². The van der Waals surface area contributed by atoms with Crippen molar-refractivity contribution in [2.24, 2.45) is 5.92 Å². The number of likely N-dealkylation sites (tertiary alicyclic amines) is 1. The van der Waals surface area contributed by atoms with Crippen molar-refractivity contribution in [1.29, 1.82) is 0 Å². The molecule has 9 heteroatoms. The van der Waals surface area contributed by atoms with Gasteiger partial charge in [-0.2, -0.15) is 0 Å². The molecule has 38 heavy (non-hydrogen) atoms. The Hall–Kier alpha value is -3.56. The Morgan fingerprint density at radius 2 is 1.79 bits per heavy atom. The highest BCUT2D eigenvalue weighted by Crippen LogP contribution is 2.66. The Labute approximate surface area is 220 Å². The van der Waals surface area contributed by atoms with Gasteiger partial charge in [0.15, 0.2) is 17.6 Å². The number of nitrogens with zero attached hydrogens (tertiary/aromatic N) is 1. The van der Waals surface area contributed by atoms with Gasteiger partial charge in [-0.05, 0) is 74.0 Å². The fraction of sp³-hybridized carbons (Fsp3) is 0.448. The number of aliphatic hydroxyl groups excluding tert-OH is 1. The van der Waals surface area contributed by atoms with Crippen LogP contribution in [0.5, 0.6) is 11.5 Å². The Balaban J connectivity index is 1.28. The summed E-state index contributed by atoms with van der Waals surface area (Å²) < 4.78 is 6.24. The zero-order chi connectivity index (χ0) is 26.4. The molecule has 2 fully saturated rings. The number of phenols is 1. The molecule has 2 aromatic carbocycles. The van der Waals surface area contributed by atoms with Gasteiger partial charge in [0.2, 0.25) is 5.91 Å². The van der Waals surface area contributed by atoms with Crippen LogP contribution in [0, 0.1) is 5.92 Å². The number of amides is 2. The summed E-state index contributed by atoms with van der Waals surface area (Å²) in [6, 6.07) is 9.97. The van der Waals surface area contributed by atoms with E-state index in [0.29, 0.717) is 35.9 Å². The summed E-state index contributed by atoms with van der Waals surface area (Å²) in [5.41, 5.74) is 0.699. The number of rotatable bonds is 5. The Kier molecular flexibility index (Phi) is 4.94. The monoisotopic (exact) mass is 517 g/mol. The third kappa shape index (κ3) is 3.18. The van der Waals surface area contributed by atoms with Crippen LogP contribution in [-0.2, 0) is 21.4 Å². The second kappa shape index (κ2) is 7.97. The molecule has 5 aliphatic rings. The van der Waals surface area contributed by atoms with E-state index in [2.05, 4.69) is 15.5 Å². The molecule has 2 heterocycles. The summed E-state index contributed by atoms with van der Waals surface area (Å²) in [4.78, 5) is 27.2. The van der Waals surface area contributed by atoms with Gasteiger partial charge in [0.1, 0.15) is 5.76 Å². The number of carbonyl (C=O) groups excluding carboxylic acids is 2. The normalized spacial score (nSPS) is 30.9. The molecule has 1 spiro atoms. The lowest BCUT2D eigenvalue weighted by atomic mass is 9.49. The lowest BCUT2D eigenvalue weighted by Crippen LogP contribution is -2.75. The maximum Gasteiger partial charge on any atom is 0.255 e. The number of piperidine rings is 1. The number of carbonyl (C=O) groups is 2. The molecule has 9 nitrogen and oxygen atoms in total. The Morgan fingerprint density at radius 3 is 2.47 bits per heavy atom. The minimum Gasteiger partial charge on any atom is -0.508 e. The van der Waals surface area contributed by atoms with Crippen molar-refractivity contribution in [3.05, 3.63) is 58.9 Å². The largest absolute Gasteiger partial charge is 0.508 e. The van der Waals surface area contributed by atoms with Gasteiger partial charge in [0.05, 0.1) is 16.6 Å². The van der Waals surface area contributed by atoms with Crippen molar-refractivity contribution >= 4 is 23.2 Å². The van der Waals surface area contributed by atoms with E-state index >= 15 is 0 Å². The molecule has 3 aliphatic carbocycles. The van der Waals surface area contributed by atoms with Crippen LogP contribution in [0.15, 0.2) is 47.7 Å². The highest BCUT2D eigenvalue weighted by Gasteiger charge is 2.73. The number of hydrogen-bond donors (Lipinski definition) is 5. The van der Waals surface area contributed by atoms with Crippen LogP contribution in [-0.4, -0.2) is 62.9 Å². The van der Waals surface area contributed by atoms with E-state index in [4.69, 9.17) is 4.74 Å². The minimum absolute atomic E-state index is 0.0190. The van der Waals surface area contributed by atoms with Gasteiger partial charge in [-0.3, -0.25) is 14.5 Å². The molecule has 2 bridgehead atoms. The fourth-order valence-electron chi connectivity index (χ4n) is 7.41. The molecule has 0 aromatic heterocycles. The second-order valence-electron chi connectivity index (χ2n) is 11.5. The summed E-state index contributed by atoms with van der Waals surface area (Å²) in [7, 11) is 0. The van der Waals surface area contributed by atoms with Gasteiger partial charge in [0.25, 0.3) is 5.91 Å². The SMILES string of the molecule is CC(=O)Nc1ccc(NC(=O)C2=C(O)C3Oc4c(O)ccc5c4[C@@]34CCN(CC3CC3)[C@H](C5)[C@]4(O)C2)cc1. The van der Waals surface area contributed by atoms with E-state index < -0.39 is 23.0 Å². The topological polar surface area (TPSA) is 131 Å². The molecular formula is C29H31N3O6. The zero-order valence-electron chi connectivity index (χ0n) is 21.2. The number of nitrogens with one attached hydrogen (secondary N) is 2. The van der Waals surface area contributed by atoms with Gasteiger partial charge in [-0.25, -0.2) is 0 Å². The standard InChI is InChI=1S/C29H31N3O6/c1-15(33)30-18-5-7-19(8-6-18)31-27(36)20-13-29(37)22-12-17-4-9-21(34)25-23(17)28(29,26(38-25)24(20)35)10-11-32(22)14-16-2-3-16/h4-9,16,22,26,34-35,37H,2-3,10-14H2,1H3,(H,30,33)(H,31,36)/t22-,26?,28+,29-/m1/s1. The first kappa shape index (κ1) is 23.5. The maximum absolute atomic E-state index is 13.5. The molecule has 1 unspecified atom stereocenters. The summed E-state index contributed by atoms with van der Waals surface area (Å²) in [5, 5.41) is 40.4. The lowest BCUT2D eigenvalue weighted by molar-refractivity contribution is -0.172. The first-order valence-corrected chi connectivity index (χ1v) is 13.3. The van der Waals surface area contributed by atoms with Gasteiger partial charge < -0.3 is 30.7 Å². The molecule has 7 rings (SSSR count). The van der Waals surface area contributed by atoms with Crippen LogP contribution in [0.2, 0.25) is 0 Å². The highest BCUT2D eigenvalue weighted by molar-refractivity contribution is 6.05. The summed E-state index contributed by atoms with van der Waals surface area (Å²) in [5.74, 6) is 0.0190. The first-order valence-electron chi connectivity index (χ1n) is 13.3. The van der Waals surface area contributed by atoms with Crippen LogP contribution in [0.1, 0.15) is 43.7 Å². The molecule has 2 amide bonds. The molecule has 2 aromatic rings. The number of phenolic OH excluding ortho intramolecular Hbond substituents is 1. The van der Waals surface area contributed by atoms with Crippen LogP contribution < -0.4 is 15.4 Å². The average molecular weight is 518 g/mol. The highest BCUT2D eigenvalue weighted by atomic mass is 16.5. The van der Waals surface area contributed by atoms with Gasteiger partial charge in [-0.15, -0.1) is 0 Å². The van der Waals surface area contributed by atoms with Crippen LogP contribution >= 0.6 is 0 Å². The van der Waals surface area contributed by atoms with Gasteiger partial charge in [-0.1, -0.05) is 6.07 Å². The number of anilines is 2. The molecule has 0 radical (unpaired) electrons. The minimum atomic E-state index is -1.36. The van der Waals surface area contributed by atoms with E-state index in [0.717, 1.165) is 24.2 Å². The summed E-state index contributed by atoms with van der Waals surface area (Å²) in [6.45, 7) is 3.09. The molecule has 198 valence electrons. The third-order valence-electron chi connectivity index (χ3n) is 9.25. The molecule has 5 N–H and O–H groups in total. The summed E-state index contributed by atoms with van der Waals surface area (Å²) in [6.07, 6.45) is 2.56. The van der Waals surface area contributed by atoms with Crippen LogP contribution in [0.25, 0.3) is 0 Å². The van der Waals surface area contributed by atoms with Crippen molar-refractivity contribution in [3.8, 4) is 11.5 Å². The molecular weight excluding hydrogens is 486 g/mol. The number of aromatic hydroxyl groups is 1.